The quantitative estimate of drug-likeness (QED) is 0.594. The Balaban J connectivity index is 1.93. The van der Waals surface area contributed by atoms with Crippen LogP contribution >= 0.6 is 0 Å². The summed E-state index contributed by atoms with van der Waals surface area (Å²) in [7, 11) is -2.63. The lowest BCUT2D eigenvalue weighted by atomic mass is 9.97. The third-order valence-corrected chi connectivity index (χ3v) is 7.34. The Morgan fingerprint density at radius 1 is 1.11 bits per heavy atom. The van der Waals surface area contributed by atoms with Gasteiger partial charge in [0.1, 0.15) is 5.66 Å². The highest BCUT2D eigenvalue weighted by Crippen LogP contribution is 2.50. The van der Waals surface area contributed by atoms with Crippen LogP contribution in [-0.2, 0) is 15.7 Å². The molecule has 0 N–H and O–H groups in total. The number of benzene rings is 2. The highest BCUT2D eigenvalue weighted by Gasteiger charge is 2.58. The van der Waals surface area contributed by atoms with Crippen LogP contribution in [0, 0.1) is 10.1 Å². The number of amides is 1. The van der Waals surface area contributed by atoms with Crippen molar-refractivity contribution in [1.29, 1.82) is 0 Å². The second kappa shape index (κ2) is 5.86. The van der Waals surface area contributed by atoms with Crippen LogP contribution in [0.15, 0.2) is 53.4 Å². The van der Waals surface area contributed by atoms with Crippen molar-refractivity contribution in [2.45, 2.75) is 23.4 Å². The lowest BCUT2D eigenvalue weighted by molar-refractivity contribution is -0.387. The SMILES string of the molecule is CN1C(=O)c2ccccc2C12CCCN2S(=O)(=O)c1ccccc1[N+](=O)[O-]. The monoisotopic (exact) mass is 387 g/mol. The minimum absolute atomic E-state index is 0.181. The third-order valence-electron chi connectivity index (χ3n) is 5.38. The molecule has 1 unspecified atom stereocenters. The molecule has 2 aliphatic heterocycles. The molecule has 140 valence electrons. The van der Waals surface area contributed by atoms with Crippen molar-refractivity contribution in [1.82, 2.24) is 9.21 Å². The Labute approximate surface area is 156 Å². The number of rotatable bonds is 3. The van der Waals surface area contributed by atoms with Gasteiger partial charge in [0.15, 0.2) is 4.90 Å². The molecule has 1 saturated heterocycles. The van der Waals surface area contributed by atoms with Crippen molar-refractivity contribution in [3.05, 3.63) is 69.8 Å². The minimum Gasteiger partial charge on any atom is -0.318 e. The highest BCUT2D eigenvalue weighted by molar-refractivity contribution is 7.89. The van der Waals surface area contributed by atoms with E-state index in [1.807, 2.05) is 0 Å². The topological polar surface area (TPSA) is 101 Å². The van der Waals surface area contributed by atoms with Gasteiger partial charge in [0.2, 0.25) is 0 Å². The Morgan fingerprint density at radius 2 is 1.78 bits per heavy atom. The van der Waals surface area contributed by atoms with Gasteiger partial charge in [0, 0.05) is 30.8 Å². The van der Waals surface area contributed by atoms with Crippen LogP contribution in [0.3, 0.4) is 0 Å². The second-order valence-corrected chi connectivity index (χ2v) is 8.46. The minimum atomic E-state index is -4.21. The molecule has 2 heterocycles. The Bertz CT molecular complexity index is 1070. The molecular formula is C18H17N3O5S. The van der Waals surface area contributed by atoms with Gasteiger partial charge in [-0.2, -0.15) is 4.31 Å². The number of nitro benzene ring substituents is 1. The first-order chi connectivity index (χ1) is 12.8. The average molecular weight is 387 g/mol. The number of nitrogens with zero attached hydrogens (tertiary/aromatic N) is 3. The maximum absolute atomic E-state index is 13.5. The van der Waals surface area contributed by atoms with Crippen LogP contribution in [0.2, 0.25) is 0 Å². The van der Waals surface area contributed by atoms with Gasteiger partial charge in [-0.25, -0.2) is 8.42 Å². The number of carbonyl (C=O) groups excluding carboxylic acids is 1. The van der Waals surface area contributed by atoms with Crippen LogP contribution in [0.4, 0.5) is 5.69 Å². The van der Waals surface area contributed by atoms with Gasteiger partial charge in [-0.1, -0.05) is 30.3 Å². The van der Waals surface area contributed by atoms with Crippen LogP contribution in [-0.4, -0.2) is 42.0 Å². The standard InChI is InChI=1S/C18H17N3O5S/c1-19-17(22)13-7-2-3-8-14(13)18(19)11-6-12-20(18)27(25,26)16-10-5-4-9-15(16)21(23)24/h2-5,7-10H,6,11-12H2,1H3. The molecule has 0 saturated carbocycles. The van der Waals surface area contributed by atoms with Crippen molar-refractivity contribution < 1.29 is 18.1 Å². The Hall–Kier alpha value is -2.78. The largest absolute Gasteiger partial charge is 0.318 e. The van der Waals surface area contributed by atoms with Gasteiger partial charge >= 0.3 is 0 Å². The molecule has 0 aliphatic carbocycles. The summed E-state index contributed by atoms with van der Waals surface area (Å²) in [4.78, 5) is 24.5. The number of fused-ring (bicyclic) bond motifs is 2. The molecule has 2 aromatic rings. The summed E-state index contributed by atoms with van der Waals surface area (Å²) in [6.07, 6.45) is 0.984. The molecule has 9 heteroatoms. The fraction of sp³-hybridized carbons (Fsp3) is 0.278. The fourth-order valence-corrected chi connectivity index (χ4v) is 6.17. The third kappa shape index (κ3) is 2.25. The summed E-state index contributed by atoms with van der Waals surface area (Å²) in [5, 5.41) is 11.4. The molecule has 0 radical (unpaired) electrons. The summed E-state index contributed by atoms with van der Waals surface area (Å²) in [5.41, 5.74) is -0.544. The summed E-state index contributed by atoms with van der Waals surface area (Å²) >= 11 is 0. The fourth-order valence-electron chi connectivity index (χ4n) is 4.19. The molecule has 1 atom stereocenters. The van der Waals surface area contributed by atoms with Crippen molar-refractivity contribution in [2.24, 2.45) is 0 Å². The van der Waals surface area contributed by atoms with E-state index < -0.39 is 26.3 Å². The number of para-hydroxylation sites is 1. The molecular weight excluding hydrogens is 370 g/mol. The normalized spacial score (nSPS) is 22.4. The lowest BCUT2D eigenvalue weighted by Gasteiger charge is -2.40. The molecule has 1 amide bonds. The van der Waals surface area contributed by atoms with E-state index in [4.69, 9.17) is 0 Å². The van der Waals surface area contributed by atoms with Crippen molar-refractivity contribution in [2.75, 3.05) is 13.6 Å². The van der Waals surface area contributed by atoms with E-state index >= 15 is 0 Å². The zero-order valence-corrected chi connectivity index (χ0v) is 15.3. The van der Waals surface area contributed by atoms with Crippen molar-refractivity contribution in [3.8, 4) is 0 Å². The summed E-state index contributed by atoms with van der Waals surface area (Å²) in [5.74, 6) is -0.254. The summed E-state index contributed by atoms with van der Waals surface area (Å²) in [6.45, 7) is 0.181. The van der Waals surface area contributed by atoms with E-state index in [0.29, 0.717) is 24.0 Å². The highest BCUT2D eigenvalue weighted by atomic mass is 32.2. The van der Waals surface area contributed by atoms with E-state index in [2.05, 4.69) is 0 Å². The maximum atomic E-state index is 13.5. The van der Waals surface area contributed by atoms with Crippen LogP contribution < -0.4 is 0 Å². The molecule has 8 nitrogen and oxygen atoms in total. The lowest BCUT2D eigenvalue weighted by Crippen LogP contribution is -2.53. The number of hydrogen-bond acceptors (Lipinski definition) is 5. The molecule has 1 spiro atoms. The molecule has 2 aromatic carbocycles. The van der Waals surface area contributed by atoms with E-state index in [1.165, 1.54) is 33.5 Å². The number of hydrogen-bond donors (Lipinski definition) is 0. The zero-order chi connectivity index (χ0) is 19.4. The van der Waals surface area contributed by atoms with E-state index in [-0.39, 0.29) is 17.3 Å². The Morgan fingerprint density at radius 3 is 2.52 bits per heavy atom. The molecule has 0 bridgehead atoms. The molecule has 4 rings (SSSR count). The molecule has 1 fully saturated rings. The molecule has 0 aromatic heterocycles. The van der Waals surface area contributed by atoms with E-state index in [1.54, 1.807) is 31.3 Å². The first-order valence-electron chi connectivity index (χ1n) is 8.46. The number of nitro groups is 1. The first-order valence-corrected chi connectivity index (χ1v) is 9.90. The van der Waals surface area contributed by atoms with Gasteiger partial charge < -0.3 is 4.90 Å². The molecule has 2 aliphatic rings. The van der Waals surface area contributed by atoms with Crippen LogP contribution in [0.1, 0.15) is 28.8 Å². The van der Waals surface area contributed by atoms with Gasteiger partial charge in [0.05, 0.1) is 4.92 Å². The predicted molar refractivity (Wildman–Crippen MR) is 96.4 cm³/mol. The smallest absolute Gasteiger partial charge is 0.289 e. The van der Waals surface area contributed by atoms with Gasteiger partial charge in [0.25, 0.3) is 21.6 Å². The zero-order valence-electron chi connectivity index (χ0n) is 14.5. The van der Waals surface area contributed by atoms with Gasteiger partial charge in [-0.15, -0.1) is 0 Å². The Kier molecular flexibility index (Phi) is 3.83. The van der Waals surface area contributed by atoms with E-state index in [0.717, 1.165) is 0 Å². The maximum Gasteiger partial charge on any atom is 0.289 e. The van der Waals surface area contributed by atoms with Crippen molar-refractivity contribution in [3.63, 3.8) is 0 Å². The second-order valence-electron chi connectivity index (χ2n) is 6.63. The van der Waals surface area contributed by atoms with Gasteiger partial charge in [-0.3, -0.25) is 14.9 Å². The predicted octanol–water partition coefficient (Wildman–Crippen LogP) is 2.32. The van der Waals surface area contributed by atoms with E-state index in [9.17, 15) is 23.3 Å². The summed E-state index contributed by atoms with van der Waals surface area (Å²) < 4.78 is 28.2. The average Bonchev–Trinajstić information content (AvgIpc) is 3.20. The van der Waals surface area contributed by atoms with Crippen LogP contribution in [0.25, 0.3) is 0 Å². The van der Waals surface area contributed by atoms with Gasteiger partial charge in [-0.05, 0) is 25.0 Å². The van der Waals surface area contributed by atoms with Crippen molar-refractivity contribution >= 4 is 21.6 Å². The number of carbonyl (C=O) groups is 1. The summed E-state index contributed by atoms with van der Waals surface area (Å²) in [6, 6.07) is 12.2. The molecule has 27 heavy (non-hydrogen) atoms. The van der Waals surface area contributed by atoms with Crippen LogP contribution in [0.5, 0.6) is 0 Å². The first kappa shape index (κ1) is 17.6. The number of sulfonamides is 1.